The Morgan fingerprint density at radius 2 is 2.09 bits per heavy atom. The van der Waals surface area contributed by atoms with E-state index in [9.17, 15) is 4.79 Å². The van der Waals surface area contributed by atoms with Gasteiger partial charge in [-0.3, -0.25) is 4.79 Å². The Bertz CT molecular complexity index is 514. The highest BCUT2D eigenvalue weighted by Crippen LogP contribution is 2.31. The molecule has 0 aromatic heterocycles. The molecule has 0 bridgehead atoms. The van der Waals surface area contributed by atoms with Crippen LogP contribution >= 0.6 is 0 Å². The highest BCUT2D eigenvalue weighted by atomic mass is 16.1. The van der Waals surface area contributed by atoms with Crippen LogP contribution in [-0.2, 0) is 4.79 Å². The van der Waals surface area contributed by atoms with Crippen LogP contribution < -0.4 is 0 Å². The lowest BCUT2D eigenvalue weighted by atomic mass is 9.82. The summed E-state index contributed by atoms with van der Waals surface area (Å²) in [6.45, 7) is 12.7. The number of carbonyl (C=O) groups is 1. The van der Waals surface area contributed by atoms with Gasteiger partial charge in [0.1, 0.15) is 0 Å². The maximum Gasteiger partial charge on any atom is 0.156 e. The van der Waals surface area contributed by atoms with Crippen molar-refractivity contribution in [2.75, 3.05) is 0 Å². The quantitative estimate of drug-likeness (QED) is 0.512. The third-order valence-corrected chi connectivity index (χ3v) is 4.68. The van der Waals surface area contributed by atoms with Crippen molar-refractivity contribution in [1.82, 2.24) is 0 Å². The molecule has 22 heavy (non-hydrogen) atoms. The van der Waals surface area contributed by atoms with Crippen molar-refractivity contribution in [3.8, 4) is 0 Å². The summed E-state index contributed by atoms with van der Waals surface area (Å²) in [6.07, 6.45) is 12.9. The summed E-state index contributed by atoms with van der Waals surface area (Å²) in [6, 6.07) is 0. The zero-order valence-corrected chi connectivity index (χ0v) is 15.2. The van der Waals surface area contributed by atoms with Gasteiger partial charge < -0.3 is 0 Å². The average molecular weight is 300 g/mol. The first kappa shape index (κ1) is 18.7. The van der Waals surface area contributed by atoms with Gasteiger partial charge in [-0.05, 0) is 63.0 Å². The SMILES string of the molecule is CC=CC(CC1=C(C(C)=O)C(C)CC=C1)=C(C)CC(C)CC. The van der Waals surface area contributed by atoms with Gasteiger partial charge in [0.05, 0.1) is 0 Å². The maximum absolute atomic E-state index is 12.0. The zero-order valence-electron chi connectivity index (χ0n) is 15.2. The molecule has 1 nitrogen and oxygen atoms in total. The minimum atomic E-state index is 0.228. The lowest BCUT2D eigenvalue weighted by Gasteiger charge is -2.22. The summed E-state index contributed by atoms with van der Waals surface area (Å²) >= 11 is 0. The number of Topliss-reactive ketones (excluding diaryl/α,β-unsaturated/α-hetero) is 1. The Labute approximate surface area is 136 Å². The number of carbonyl (C=O) groups excluding carboxylic acids is 1. The summed E-state index contributed by atoms with van der Waals surface area (Å²) < 4.78 is 0. The largest absolute Gasteiger partial charge is 0.295 e. The molecule has 0 heterocycles. The van der Waals surface area contributed by atoms with Gasteiger partial charge in [-0.1, -0.05) is 57.1 Å². The smallest absolute Gasteiger partial charge is 0.156 e. The van der Waals surface area contributed by atoms with Crippen LogP contribution in [0.25, 0.3) is 0 Å². The Kier molecular flexibility index (Phi) is 7.58. The molecule has 0 saturated carbocycles. The summed E-state index contributed by atoms with van der Waals surface area (Å²) in [5.41, 5.74) is 5.06. The molecule has 2 atom stereocenters. The van der Waals surface area contributed by atoms with Crippen molar-refractivity contribution in [3.63, 3.8) is 0 Å². The van der Waals surface area contributed by atoms with E-state index in [1.165, 1.54) is 23.1 Å². The third-order valence-electron chi connectivity index (χ3n) is 4.68. The topological polar surface area (TPSA) is 17.1 Å². The van der Waals surface area contributed by atoms with Gasteiger partial charge in [-0.25, -0.2) is 0 Å². The lowest BCUT2D eigenvalue weighted by molar-refractivity contribution is -0.114. The number of hydrogen-bond acceptors (Lipinski definition) is 1. The molecule has 1 rings (SSSR count). The van der Waals surface area contributed by atoms with Crippen molar-refractivity contribution >= 4 is 5.78 Å². The second kappa shape index (κ2) is 8.92. The van der Waals surface area contributed by atoms with Gasteiger partial charge in [-0.15, -0.1) is 0 Å². The first-order chi connectivity index (χ1) is 10.4. The molecule has 0 spiro atoms. The van der Waals surface area contributed by atoms with E-state index in [0.29, 0.717) is 11.8 Å². The minimum Gasteiger partial charge on any atom is -0.295 e. The second-order valence-electron chi connectivity index (χ2n) is 6.73. The summed E-state index contributed by atoms with van der Waals surface area (Å²) in [7, 11) is 0. The van der Waals surface area contributed by atoms with Crippen LogP contribution in [0.1, 0.15) is 67.2 Å². The molecule has 1 aliphatic carbocycles. The molecule has 0 saturated heterocycles. The van der Waals surface area contributed by atoms with E-state index >= 15 is 0 Å². The van der Waals surface area contributed by atoms with Crippen molar-refractivity contribution in [1.29, 1.82) is 0 Å². The minimum absolute atomic E-state index is 0.228. The Hall–Kier alpha value is -1.37. The van der Waals surface area contributed by atoms with E-state index in [1.54, 1.807) is 6.92 Å². The molecule has 0 N–H and O–H groups in total. The molecule has 122 valence electrons. The van der Waals surface area contributed by atoms with Crippen LogP contribution in [0, 0.1) is 11.8 Å². The van der Waals surface area contributed by atoms with E-state index < -0.39 is 0 Å². The highest BCUT2D eigenvalue weighted by molar-refractivity contribution is 5.95. The van der Waals surface area contributed by atoms with Crippen LogP contribution in [0.2, 0.25) is 0 Å². The third kappa shape index (κ3) is 5.12. The van der Waals surface area contributed by atoms with E-state index in [2.05, 4.69) is 58.9 Å². The van der Waals surface area contributed by atoms with Crippen LogP contribution in [0.3, 0.4) is 0 Å². The number of allylic oxidation sites excluding steroid dienone is 8. The number of hydrogen-bond donors (Lipinski definition) is 0. The summed E-state index contributed by atoms with van der Waals surface area (Å²) in [5.74, 6) is 1.29. The molecular weight excluding hydrogens is 268 g/mol. The molecule has 1 heteroatoms. The Balaban J connectivity index is 3.13. The molecule has 0 amide bonds. The van der Waals surface area contributed by atoms with E-state index in [1.807, 2.05) is 0 Å². The maximum atomic E-state index is 12.0. The van der Waals surface area contributed by atoms with Gasteiger partial charge >= 0.3 is 0 Å². The fourth-order valence-corrected chi connectivity index (χ4v) is 3.22. The van der Waals surface area contributed by atoms with Crippen LogP contribution in [-0.4, -0.2) is 5.78 Å². The van der Waals surface area contributed by atoms with Gasteiger partial charge in [0.2, 0.25) is 0 Å². The first-order valence-electron chi connectivity index (χ1n) is 8.62. The number of rotatable bonds is 7. The molecule has 0 aromatic rings. The molecule has 2 unspecified atom stereocenters. The van der Waals surface area contributed by atoms with E-state index in [-0.39, 0.29) is 5.78 Å². The van der Waals surface area contributed by atoms with Crippen LogP contribution in [0.15, 0.2) is 46.6 Å². The monoisotopic (exact) mass is 300 g/mol. The van der Waals surface area contributed by atoms with Crippen molar-refractivity contribution in [2.24, 2.45) is 11.8 Å². The standard InChI is InChI=1S/C21H32O/c1-7-10-19(17(5)13-15(3)8-2)14-20-12-9-11-16(4)21(20)18(6)22/h7,9-10,12,15-16H,8,11,13-14H2,1-6H3. The summed E-state index contributed by atoms with van der Waals surface area (Å²) in [5, 5.41) is 0. The van der Waals surface area contributed by atoms with Crippen LogP contribution in [0.4, 0.5) is 0 Å². The fourth-order valence-electron chi connectivity index (χ4n) is 3.22. The molecule has 0 aliphatic heterocycles. The molecular formula is C21H32O. The number of ketones is 1. The Morgan fingerprint density at radius 1 is 1.41 bits per heavy atom. The van der Waals surface area contributed by atoms with Gasteiger partial charge in [-0.2, -0.15) is 0 Å². The van der Waals surface area contributed by atoms with E-state index in [0.717, 1.165) is 24.8 Å². The molecule has 0 fully saturated rings. The molecule has 0 radical (unpaired) electrons. The van der Waals surface area contributed by atoms with Crippen molar-refractivity contribution < 1.29 is 4.79 Å². The second-order valence-corrected chi connectivity index (χ2v) is 6.73. The Morgan fingerprint density at radius 3 is 2.64 bits per heavy atom. The van der Waals surface area contributed by atoms with Crippen LogP contribution in [0.5, 0.6) is 0 Å². The van der Waals surface area contributed by atoms with Crippen molar-refractivity contribution in [2.45, 2.75) is 67.2 Å². The van der Waals surface area contributed by atoms with Gasteiger partial charge in [0, 0.05) is 5.57 Å². The van der Waals surface area contributed by atoms with Gasteiger partial charge in [0.25, 0.3) is 0 Å². The molecule has 0 aromatic carbocycles. The zero-order chi connectivity index (χ0) is 16.7. The average Bonchev–Trinajstić information content (AvgIpc) is 2.46. The van der Waals surface area contributed by atoms with Crippen molar-refractivity contribution in [3.05, 3.63) is 46.6 Å². The first-order valence-corrected chi connectivity index (χ1v) is 8.62. The normalized spacial score (nSPS) is 21.3. The lowest BCUT2D eigenvalue weighted by Crippen LogP contribution is -2.13. The fraction of sp³-hybridized carbons (Fsp3) is 0.571. The molecule has 1 aliphatic rings. The predicted octanol–water partition coefficient (Wildman–Crippen LogP) is 6.19. The van der Waals surface area contributed by atoms with Gasteiger partial charge in [0.15, 0.2) is 5.78 Å². The van der Waals surface area contributed by atoms with E-state index in [4.69, 9.17) is 0 Å². The highest BCUT2D eigenvalue weighted by Gasteiger charge is 2.20. The summed E-state index contributed by atoms with van der Waals surface area (Å²) in [4.78, 5) is 12.0. The predicted molar refractivity (Wildman–Crippen MR) is 96.8 cm³/mol.